The van der Waals surface area contributed by atoms with E-state index in [1.165, 1.54) is 0 Å². The third kappa shape index (κ3) is 5.22. The average Bonchev–Trinajstić information content (AvgIpc) is 2.72. The van der Waals surface area contributed by atoms with Gasteiger partial charge in [0.05, 0.1) is 19.9 Å². The van der Waals surface area contributed by atoms with Crippen LogP contribution in [0.15, 0.2) is 48.5 Å². The number of hydrogen-bond donors (Lipinski definition) is 2. The van der Waals surface area contributed by atoms with Crippen molar-refractivity contribution >= 4 is 17.4 Å². The van der Waals surface area contributed by atoms with Gasteiger partial charge in [-0.3, -0.25) is 4.79 Å². The molecular weight excluding hydrogens is 368 g/mol. The molecule has 3 rings (SSSR count). The molecule has 3 aromatic rings. The molecule has 1 amide bonds. The second-order valence-electron chi connectivity index (χ2n) is 6.55. The van der Waals surface area contributed by atoms with Crippen LogP contribution in [0.5, 0.6) is 11.5 Å². The molecule has 0 unspecified atom stereocenters. The Morgan fingerprint density at radius 1 is 0.966 bits per heavy atom. The van der Waals surface area contributed by atoms with Gasteiger partial charge in [0.1, 0.15) is 28.8 Å². The van der Waals surface area contributed by atoms with E-state index in [0.717, 1.165) is 16.9 Å². The number of amides is 1. The summed E-state index contributed by atoms with van der Waals surface area (Å²) in [5, 5.41) is 6.10. The quantitative estimate of drug-likeness (QED) is 0.633. The van der Waals surface area contributed by atoms with Crippen molar-refractivity contribution in [3.05, 3.63) is 71.2 Å². The van der Waals surface area contributed by atoms with Crippen molar-refractivity contribution < 1.29 is 14.3 Å². The maximum Gasteiger partial charge on any atom is 0.274 e. The summed E-state index contributed by atoms with van der Waals surface area (Å²) in [6, 6.07) is 15.0. The van der Waals surface area contributed by atoms with Crippen LogP contribution in [0, 0.1) is 13.8 Å². The lowest BCUT2D eigenvalue weighted by atomic mass is 10.2. The van der Waals surface area contributed by atoms with E-state index in [1.54, 1.807) is 27.2 Å². The van der Waals surface area contributed by atoms with Gasteiger partial charge in [0.25, 0.3) is 5.91 Å². The second kappa shape index (κ2) is 9.05. The lowest BCUT2D eigenvalue weighted by molar-refractivity contribution is 0.102. The molecule has 0 saturated heterocycles. The van der Waals surface area contributed by atoms with Crippen LogP contribution in [-0.4, -0.2) is 30.1 Å². The minimum Gasteiger partial charge on any atom is -0.497 e. The molecular formula is C22H24N4O3. The van der Waals surface area contributed by atoms with Crippen LogP contribution in [0.2, 0.25) is 0 Å². The number of methoxy groups -OCH3 is 2. The van der Waals surface area contributed by atoms with E-state index < -0.39 is 0 Å². The van der Waals surface area contributed by atoms with Gasteiger partial charge in [0.15, 0.2) is 0 Å². The fraction of sp³-hybridized carbons (Fsp3) is 0.227. The number of ether oxygens (including phenoxy) is 2. The van der Waals surface area contributed by atoms with E-state index in [4.69, 9.17) is 9.47 Å². The number of aryl methyl sites for hydroxylation is 2. The Balaban J connectivity index is 1.74. The lowest BCUT2D eigenvalue weighted by Gasteiger charge is -2.12. The summed E-state index contributed by atoms with van der Waals surface area (Å²) >= 11 is 0. The van der Waals surface area contributed by atoms with Crippen LogP contribution in [0.1, 0.15) is 27.4 Å². The summed E-state index contributed by atoms with van der Waals surface area (Å²) in [6.45, 7) is 4.26. The zero-order valence-electron chi connectivity index (χ0n) is 16.9. The molecule has 29 heavy (non-hydrogen) atoms. The Labute approximate surface area is 170 Å². The zero-order chi connectivity index (χ0) is 20.8. The molecule has 0 bridgehead atoms. The molecule has 7 nitrogen and oxygen atoms in total. The maximum absolute atomic E-state index is 12.7. The van der Waals surface area contributed by atoms with Crippen molar-refractivity contribution in [2.45, 2.75) is 20.4 Å². The van der Waals surface area contributed by atoms with Crippen molar-refractivity contribution in [3.8, 4) is 11.5 Å². The van der Waals surface area contributed by atoms with Crippen LogP contribution in [-0.2, 0) is 6.54 Å². The van der Waals surface area contributed by atoms with Crippen LogP contribution >= 0.6 is 0 Å². The van der Waals surface area contributed by atoms with Gasteiger partial charge in [-0.05, 0) is 49.2 Å². The van der Waals surface area contributed by atoms with Gasteiger partial charge in [-0.15, -0.1) is 0 Å². The summed E-state index contributed by atoms with van der Waals surface area (Å²) in [5.41, 5.74) is 2.96. The number of hydrogen-bond acceptors (Lipinski definition) is 6. The molecule has 0 aliphatic heterocycles. The Morgan fingerprint density at radius 2 is 1.72 bits per heavy atom. The van der Waals surface area contributed by atoms with E-state index in [2.05, 4.69) is 20.6 Å². The first-order chi connectivity index (χ1) is 14.0. The molecule has 0 fully saturated rings. The number of nitrogens with zero attached hydrogens (tertiary/aromatic N) is 2. The van der Waals surface area contributed by atoms with Crippen LogP contribution in [0.25, 0.3) is 0 Å². The Morgan fingerprint density at radius 3 is 2.41 bits per heavy atom. The summed E-state index contributed by atoms with van der Waals surface area (Å²) in [5.74, 6) is 2.15. The highest BCUT2D eigenvalue weighted by molar-refractivity contribution is 6.04. The molecule has 0 aliphatic rings. The van der Waals surface area contributed by atoms with Crippen molar-refractivity contribution in [2.75, 3.05) is 24.9 Å². The van der Waals surface area contributed by atoms with Gasteiger partial charge < -0.3 is 20.1 Å². The van der Waals surface area contributed by atoms with Gasteiger partial charge >= 0.3 is 0 Å². The first-order valence-corrected chi connectivity index (χ1v) is 9.17. The standard InChI is InChI=1S/C22H24N4O3/c1-14-5-10-20(29-4)18(11-14)26-22(27)19-12-21(25-15(2)24-19)23-13-16-6-8-17(28-3)9-7-16/h5-12H,13H2,1-4H3,(H,26,27)(H,23,24,25). The smallest absolute Gasteiger partial charge is 0.274 e. The summed E-state index contributed by atoms with van der Waals surface area (Å²) in [6.07, 6.45) is 0. The number of carbonyl (C=O) groups excluding carboxylic acids is 1. The maximum atomic E-state index is 12.7. The van der Waals surface area contributed by atoms with Gasteiger partial charge in [-0.1, -0.05) is 18.2 Å². The molecule has 0 spiro atoms. The monoisotopic (exact) mass is 392 g/mol. The van der Waals surface area contributed by atoms with Gasteiger partial charge in [-0.2, -0.15) is 0 Å². The van der Waals surface area contributed by atoms with E-state index >= 15 is 0 Å². The molecule has 1 aromatic heterocycles. The molecule has 0 atom stereocenters. The minimum absolute atomic E-state index is 0.276. The topological polar surface area (TPSA) is 85.4 Å². The second-order valence-corrected chi connectivity index (χ2v) is 6.55. The predicted octanol–water partition coefficient (Wildman–Crippen LogP) is 3.98. The molecule has 2 N–H and O–H groups in total. The zero-order valence-corrected chi connectivity index (χ0v) is 16.9. The Kier molecular flexibility index (Phi) is 6.29. The number of aromatic nitrogens is 2. The molecule has 7 heteroatoms. The average molecular weight is 392 g/mol. The van der Waals surface area contributed by atoms with Crippen LogP contribution in [0.3, 0.4) is 0 Å². The highest BCUT2D eigenvalue weighted by Crippen LogP contribution is 2.25. The Hall–Kier alpha value is -3.61. The third-order valence-corrected chi connectivity index (χ3v) is 4.31. The number of carbonyl (C=O) groups is 1. The largest absolute Gasteiger partial charge is 0.497 e. The number of rotatable bonds is 7. The highest BCUT2D eigenvalue weighted by atomic mass is 16.5. The molecule has 2 aromatic carbocycles. The summed E-state index contributed by atoms with van der Waals surface area (Å²) in [7, 11) is 3.20. The van der Waals surface area contributed by atoms with Crippen molar-refractivity contribution in [3.63, 3.8) is 0 Å². The molecule has 0 aliphatic carbocycles. The third-order valence-electron chi connectivity index (χ3n) is 4.31. The van der Waals surface area contributed by atoms with Crippen molar-refractivity contribution in [2.24, 2.45) is 0 Å². The van der Waals surface area contributed by atoms with Gasteiger partial charge in [0, 0.05) is 12.6 Å². The Bertz CT molecular complexity index is 1000. The SMILES string of the molecule is COc1ccc(CNc2cc(C(=O)Nc3cc(C)ccc3OC)nc(C)n2)cc1. The summed E-state index contributed by atoms with van der Waals surface area (Å²) < 4.78 is 10.5. The fourth-order valence-electron chi connectivity index (χ4n) is 2.82. The van der Waals surface area contributed by atoms with Crippen molar-refractivity contribution in [1.29, 1.82) is 0 Å². The van der Waals surface area contributed by atoms with Crippen LogP contribution in [0.4, 0.5) is 11.5 Å². The number of nitrogens with one attached hydrogen (secondary N) is 2. The molecule has 1 heterocycles. The summed E-state index contributed by atoms with van der Waals surface area (Å²) in [4.78, 5) is 21.4. The van der Waals surface area contributed by atoms with Crippen molar-refractivity contribution in [1.82, 2.24) is 9.97 Å². The van der Waals surface area contributed by atoms with E-state index in [0.29, 0.717) is 29.6 Å². The highest BCUT2D eigenvalue weighted by Gasteiger charge is 2.13. The first kappa shape index (κ1) is 20.1. The number of benzene rings is 2. The normalized spacial score (nSPS) is 10.3. The van der Waals surface area contributed by atoms with Crippen LogP contribution < -0.4 is 20.1 Å². The minimum atomic E-state index is -0.327. The molecule has 150 valence electrons. The molecule has 0 radical (unpaired) electrons. The van der Waals surface area contributed by atoms with E-state index in [9.17, 15) is 4.79 Å². The molecule has 0 saturated carbocycles. The van der Waals surface area contributed by atoms with Gasteiger partial charge in [0.2, 0.25) is 0 Å². The van der Waals surface area contributed by atoms with E-state index in [-0.39, 0.29) is 11.6 Å². The lowest BCUT2D eigenvalue weighted by Crippen LogP contribution is -2.16. The number of anilines is 2. The predicted molar refractivity (Wildman–Crippen MR) is 113 cm³/mol. The first-order valence-electron chi connectivity index (χ1n) is 9.17. The van der Waals surface area contributed by atoms with Gasteiger partial charge in [-0.25, -0.2) is 9.97 Å². The van der Waals surface area contributed by atoms with E-state index in [1.807, 2.05) is 49.4 Å². The fourth-order valence-corrected chi connectivity index (χ4v) is 2.82.